The Labute approximate surface area is 92.0 Å². The Balaban J connectivity index is 2.06. The lowest BCUT2D eigenvalue weighted by Gasteiger charge is -2.06. The molecular formula is C10H10ClN3O. The summed E-state index contributed by atoms with van der Waals surface area (Å²) in [5.41, 5.74) is 6.33. The summed E-state index contributed by atoms with van der Waals surface area (Å²) >= 11 is 5.92. The second-order valence-corrected chi connectivity index (χ2v) is 3.39. The molecule has 0 saturated heterocycles. The van der Waals surface area contributed by atoms with Crippen molar-refractivity contribution >= 4 is 17.4 Å². The first-order valence-electron chi connectivity index (χ1n) is 4.42. The number of imidazole rings is 1. The number of aromatic amines is 1. The van der Waals surface area contributed by atoms with E-state index in [1.54, 1.807) is 12.1 Å². The van der Waals surface area contributed by atoms with Gasteiger partial charge < -0.3 is 15.5 Å². The monoisotopic (exact) mass is 223 g/mol. The summed E-state index contributed by atoms with van der Waals surface area (Å²) in [5.74, 6) is 1.08. The molecule has 0 spiro atoms. The van der Waals surface area contributed by atoms with Gasteiger partial charge in [0.15, 0.2) is 0 Å². The van der Waals surface area contributed by atoms with Crippen LogP contribution in [0.25, 0.3) is 0 Å². The highest BCUT2D eigenvalue weighted by molar-refractivity contribution is 6.32. The van der Waals surface area contributed by atoms with Crippen LogP contribution in [0.1, 0.15) is 5.69 Å². The third-order valence-electron chi connectivity index (χ3n) is 1.96. The molecule has 3 N–H and O–H groups in total. The molecule has 0 saturated carbocycles. The van der Waals surface area contributed by atoms with E-state index in [9.17, 15) is 0 Å². The topological polar surface area (TPSA) is 63.9 Å². The summed E-state index contributed by atoms with van der Waals surface area (Å²) in [6.45, 7) is 0.329. The number of hydrogen-bond acceptors (Lipinski definition) is 3. The van der Waals surface area contributed by atoms with Gasteiger partial charge in [-0.15, -0.1) is 0 Å². The van der Waals surface area contributed by atoms with Crippen LogP contribution in [0.2, 0.25) is 5.02 Å². The number of nitrogens with one attached hydrogen (secondary N) is 1. The van der Waals surface area contributed by atoms with Gasteiger partial charge in [0.05, 0.1) is 17.0 Å². The lowest BCUT2D eigenvalue weighted by molar-refractivity contribution is 0.303. The van der Waals surface area contributed by atoms with Crippen molar-refractivity contribution in [1.82, 2.24) is 9.97 Å². The van der Waals surface area contributed by atoms with Crippen molar-refractivity contribution in [1.29, 1.82) is 0 Å². The van der Waals surface area contributed by atoms with Gasteiger partial charge in [0.2, 0.25) is 0 Å². The van der Waals surface area contributed by atoms with E-state index >= 15 is 0 Å². The molecule has 0 amide bonds. The second kappa shape index (κ2) is 4.23. The van der Waals surface area contributed by atoms with Crippen LogP contribution in [-0.2, 0) is 6.61 Å². The molecule has 2 rings (SSSR count). The van der Waals surface area contributed by atoms with Crippen LogP contribution in [-0.4, -0.2) is 9.97 Å². The molecule has 0 unspecified atom stereocenters. The lowest BCUT2D eigenvalue weighted by atomic mass is 10.3. The van der Waals surface area contributed by atoms with Crippen LogP contribution in [0, 0.1) is 0 Å². The van der Waals surface area contributed by atoms with Crippen molar-refractivity contribution in [2.75, 3.05) is 5.73 Å². The summed E-state index contributed by atoms with van der Waals surface area (Å²) in [7, 11) is 0. The van der Waals surface area contributed by atoms with Gasteiger partial charge in [0.25, 0.3) is 0 Å². The molecule has 0 aliphatic rings. The van der Waals surface area contributed by atoms with E-state index in [-0.39, 0.29) is 0 Å². The molecule has 1 aromatic heterocycles. The lowest BCUT2D eigenvalue weighted by Crippen LogP contribution is -1.99. The fraction of sp³-hybridized carbons (Fsp3) is 0.100. The number of aromatic nitrogens is 2. The van der Waals surface area contributed by atoms with E-state index in [2.05, 4.69) is 9.97 Å². The van der Waals surface area contributed by atoms with E-state index in [0.29, 0.717) is 23.2 Å². The predicted molar refractivity (Wildman–Crippen MR) is 58.8 cm³/mol. The van der Waals surface area contributed by atoms with E-state index in [0.717, 1.165) is 5.69 Å². The molecule has 0 aliphatic heterocycles. The Morgan fingerprint density at radius 2 is 2.20 bits per heavy atom. The van der Waals surface area contributed by atoms with Gasteiger partial charge in [-0.05, 0) is 12.1 Å². The van der Waals surface area contributed by atoms with E-state index in [4.69, 9.17) is 22.1 Å². The van der Waals surface area contributed by atoms with Gasteiger partial charge in [-0.1, -0.05) is 23.7 Å². The molecule has 0 atom stereocenters. The standard InChI is InChI=1S/C10H10ClN3O/c11-7-3-1-2-4-9(7)15-5-8-10(12)14-6-13-8/h1-4,6H,5,12H2,(H,13,14). The van der Waals surface area contributed by atoms with Crippen LogP contribution in [0.5, 0.6) is 5.75 Å². The largest absolute Gasteiger partial charge is 0.486 e. The average Bonchev–Trinajstić information content (AvgIpc) is 2.63. The average molecular weight is 224 g/mol. The maximum atomic E-state index is 5.92. The number of nitrogens with zero attached hydrogens (tertiary/aromatic N) is 1. The molecule has 0 radical (unpaired) electrons. The molecular weight excluding hydrogens is 214 g/mol. The van der Waals surface area contributed by atoms with Crippen molar-refractivity contribution < 1.29 is 4.74 Å². The van der Waals surface area contributed by atoms with Crippen molar-refractivity contribution in [3.63, 3.8) is 0 Å². The number of hydrogen-bond donors (Lipinski definition) is 2. The molecule has 15 heavy (non-hydrogen) atoms. The second-order valence-electron chi connectivity index (χ2n) is 2.99. The van der Waals surface area contributed by atoms with Crippen LogP contribution in [0.15, 0.2) is 30.6 Å². The molecule has 4 nitrogen and oxygen atoms in total. The number of rotatable bonds is 3. The smallest absolute Gasteiger partial charge is 0.148 e. The Hall–Kier alpha value is -1.68. The van der Waals surface area contributed by atoms with E-state index < -0.39 is 0 Å². The summed E-state index contributed by atoms with van der Waals surface area (Å²) in [6, 6.07) is 7.28. The number of benzene rings is 1. The quantitative estimate of drug-likeness (QED) is 0.839. The molecule has 5 heteroatoms. The number of ether oxygens (including phenoxy) is 1. The first-order chi connectivity index (χ1) is 7.27. The van der Waals surface area contributed by atoms with Gasteiger partial charge >= 0.3 is 0 Å². The van der Waals surface area contributed by atoms with Crippen LogP contribution in [0.3, 0.4) is 0 Å². The van der Waals surface area contributed by atoms with Crippen molar-refractivity contribution in [3.8, 4) is 5.75 Å². The molecule has 78 valence electrons. The molecule has 1 aromatic carbocycles. The zero-order valence-electron chi connectivity index (χ0n) is 7.90. The number of halogens is 1. The van der Waals surface area contributed by atoms with Gasteiger partial charge in [0.1, 0.15) is 18.2 Å². The number of nitrogen functional groups attached to an aromatic ring is 1. The molecule has 0 bridgehead atoms. The minimum absolute atomic E-state index is 0.329. The summed E-state index contributed by atoms with van der Waals surface area (Å²) in [5, 5.41) is 0.579. The third-order valence-corrected chi connectivity index (χ3v) is 2.27. The zero-order valence-corrected chi connectivity index (χ0v) is 8.66. The van der Waals surface area contributed by atoms with Crippen LogP contribution >= 0.6 is 11.6 Å². The van der Waals surface area contributed by atoms with Crippen LogP contribution in [0.4, 0.5) is 5.82 Å². The van der Waals surface area contributed by atoms with E-state index in [1.165, 1.54) is 6.33 Å². The fourth-order valence-electron chi connectivity index (χ4n) is 1.16. The summed E-state index contributed by atoms with van der Waals surface area (Å²) in [6.07, 6.45) is 1.53. The number of H-pyrrole nitrogens is 1. The Bertz CT molecular complexity index is 455. The first-order valence-corrected chi connectivity index (χ1v) is 4.80. The maximum absolute atomic E-state index is 5.92. The van der Waals surface area contributed by atoms with Crippen molar-refractivity contribution in [2.24, 2.45) is 0 Å². The van der Waals surface area contributed by atoms with Crippen LogP contribution < -0.4 is 10.5 Å². The Morgan fingerprint density at radius 3 is 2.87 bits per heavy atom. The summed E-state index contributed by atoms with van der Waals surface area (Å²) < 4.78 is 5.48. The van der Waals surface area contributed by atoms with Gasteiger partial charge in [0, 0.05) is 0 Å². The van der Waals surface area contributed by atoms with E-state index in [1.807, 2.05) is 12.1 Å². The minimum atomic E-state index is 0.329. The predicted octanol–water partition coefficient (Wildman–Crippen LogP) is 2.22. The first kappa shape index (κ1) is 9.86. The number of anilines is 1. The molecule has 1 heterocycles. The van der Waals surface area contributed by atoms with Gasteiger partial charge in [-0.2, -0.15) is 0 Å². The maximum Gasteiger partial charge on any atom is 0.148 e. The van der Waals surface area contributed by atoms with Gasteiger partial charge in [-0.25, -0.2) is 4.98 Å². The molecule has 0 aliphatic carbocycles. The van der Waals surface area contributed by atoms with Crippen molar-refractivity contribution in [2.45, 2.75) is 6.61 Å². The Morgan fingerprint density at radius 1 is 1.40 bits per heavy atom. The fourth-order valence-corrected chi connectivity index (χ4v) is 1.35. The third kappa shape index (κ3) is 2.22. The highest BCUT2D eigenvalue weighted by Crippen LogP contribution is 2.24. The normalized spacial score (nSPS) is 10.2. The highest BCUT2D eigenvalue weighted by atomic mass is 35.5. The highest BCUT2D eigenvalue weighted by Gasteiger charge is 2.04. The Kier molecular flexibility index (Phi) is 2.78. The molecule has 0 fully saturated rings. The number of para-hydroxylation sites is 1. The zero-order chi connectivity index (χ0) is 10.7. The number of nitrogens with two attached hydrogens (primary N) is 1. The SMILES string of the molecule is Nc1nc[nH]c1COc1ccccc1Cl. The van der Waals surface area contributed by atoms with Crippen molar-refractivity contribution in [3.05, 3.63) is 41.3 Å². The minimum Gasteiger partial charge on any atom is -0.486 e. The molecule has 2 aromatic rings. The summed E-state index contributed by atoms with van der Waals surface area (Å²) in [4.78, 5) is 6.75. The van der Waals surface area contributed by atoms with Gasteiger partial charge in [-0.3, -0.25) is 0 Å².